The van der Waals surface area contributed by atoms with E-state index in [1.165, 1.54) is 11.9 Å². The lowest BCUT2D eigenvalue weighted by Gasteiger charge is -2.53. The summed E-state index contributed by atoms with van der Waals surface area (Å²) >= 11 is 7.65. The molecule has 2 bridgehead atoms. The van der Waals surface area contributed by atoms with Crippen LogP contribution in [0.5, 0.6) is 0 Å². The number of rotatable bonds is 5. The molecule has 10 heteroatoms. The molecule has 3 aliphatic carbocycles. The van der Waals surface area contributed by atoms with Crippen LogP contribution in [-0.2, 0) is 10.8 Å². The van der Waals surface area contributed by atoms with E-state index in [0.29, 0.717) is 52.3 Å². The Balaban J connectivity index is 1.43. The highest BCUT2D eigenvalue weighted by Gasteiger charge is 2.61. The van der Waals surface area contributed by atoms with E-state index in [1.54, 1.807) is 18.2 Å². The van der Waals surface area contributed by atoms with E-state index in [1.807, 2.05) is 0 Å². The molecule has 1 amide bonds. The molecule has 5 rings (SSSR count). The number of halogens is 4. The molecule has 172 valence electrons. The van der Waals surface area contributed by atoms with Crippen molar-refractivity contribution in [1.82, 2.24) is 5.32 Å². The maximum atomic E-state index is 13.5. The van der Waals surface area contributed by atoms with E-state index >= 15 is 0 Å². The minimum Gasteiger partial charge on any atom is -0.347 e. The first-order valence-corrected chi connectivity index (χ1v) is 13.3. The van der Waals surface area contributed by atoms with E-state index in [0.717, 1.165) is 12.8 Å². The topological polar surface area (TPSA) is 58.2 Å². The molecule has 0 spiro atoms. The van der Waals surface area contributed by atoms with Crippen molar-refractivity contribution in [2.45, 2.75) is 68.3 Å². The van der Waals surface area contributed by atoms with Gasteiger partial charge in [-0.05, 0) is 81.5 Å². The molecule has 1 heterocycles. The lowest BCUT2D eigenvalue weighted by molar-refractivity contribution is -0.253. The number of benzene rings is 1. The number of hydrogen-bond acceptors (Lipinski definition) is 4. The van der Waals surface area contributed by atoms with Crippen LogP contribution < -0.4 is 10.0 Å². The number of hydrogen-bond donors (Lipinski definition) is 2. The summed E-state index contributed by atoms with van der Waals surface area (Å²) in [4.78, 5) is 13.1. The third kappa shape index (κ3) is 4.88. The van der Waals surface area contributed by atoms with Crippen molar-refractivity contribution in [3.63, 3.8) is 0 Å². The van der Waals surface area contributed by atoms with Crippen LogP contribution in [0.4, 0.5) is 18.9 Å². The van der Waals surface area contributed by atoms with Gasteiger partial charge in [0.2, 0.25) is 0 Å². The summed E-state index contributed by atoms with van der Waals surface area (Å²) in [6, 6.07) is 4.99. The van der Waals surface area contributed by atoms with Crippen molar-refractivity contribution >= 4 is 45.9 Å². The van der Waals surface area contributed by atoms with Crippen LogP contribution in [0.25, 0.3) is 0 Å². The Bertz CT molecular complexity index is 846. The summed E-state index contributed by atoms with van der Waals surface area (Å²) in [5.41, 5.74) is -1.12. The number of alkyl halides is 3. The number of anilines is 1. The molecule has 4 aliphatic rings. The molecule has 1 saturated heterocycles. The van der Waals surface area contributed by atoms with Gasteiger partial charge in [-0.2, -0.15) is 13.2 Å². The molecule has 0 unspecified atom stereocenters. The van der Waals surface area contributed by atoms with Crippen molar-refractivity contribution in [3.8, 4) is 0 Å². The third-order valence-electron chi connectivity index (χ3n) is 7.12. The van der Waals surface area contributed by atoms with Crippen LogP contribution in [0.2, 0.25) is 5.02 Å². The quantitative estimate of drug-likeness (QED) is 0.516. The van der Waals surface area contributed by atoms with Crippen LogP contribution in [0.15, 0.2) is 18.2 Å². The molecule has 0 radical (unpaired) electrons. The molecule has 2 N–H and O–H groups in total. The fraction of sp³-hybridized carbons (Fsp3) is 0.667. The fourth-order valence-corrected chi connectivity index (χ4v) is 7.65. The molecule has 1 aromatic rings. The van der Waals surface area contributed by atoms with E-state index in [4.69, 9.17) is 11.6 Å². The monoisotopic (exact) mass is 494 g/mol. The largest absolute Gasteiger partial charge is 0.394 e. The molecule has 4 nitrogen and oxygen atoms in total. The predicted octanol–water partition coefficient (Wildman–Crippen LogP) is 5.70. The molecular weight excluding hydrogens is 469 g/mol. The first kappa shape index (κ1) is 23.2. The smallest absolute Gasteiger partial charge is 0.347 e. The number of carbonyl (C=O) groups excluding carboxylic acids is 1. The van der Waals surface area contributed by atoms with Gasteiger partial charge in [-0.3, -0.25) is 9.00 Å². The van der Waals surface area contributed by atoms with Crippen LogP contribution >= 0.6 is 23.5 Å². The van der Waals surface area contributed by atoms with Crippen molar-refractivity contribution in [3.05, 3.63) is 28.8 Å². The number of amides is 1. The fourth-order valence-electron chi connectivity index (χ4n) is 4.94. The van der Waals surface area contributed by atoms with Crippen molar-refractivity contribution in [2.75, 3.05) is 16.2 Å². The van der Waals surface area contributed by atoms with Gasteiger partial charge < -0.3 is 10.0 Å². The molecule has 0 aromatic heterocycles. The van der Waals surface area contributed by atoms with Gasteiger partial charge in [-0.15, -0.1) is 0 Å². The van der Waals surface area contributed by atoms with Crippen LogP contribution in [-0.4, -0.2) is 38.6 Å². The van der Waals surface area contributed by atoms with Gasteiger partial charge in [0.05, 0.1) is 16.7 Å². The Morgan fingerprint density at radius 1 is 1.10 bits per heavy atom. The van der Waals surface area contributed by atoms with Crippen molar-refractivity contribution in [2.24, 2.45) is 5.41 Å². The summed E-state index contributed by atoms with van der Waals surface area (Å²) < 4.78 is 55.3. The lowest BCUT2D eigenvalue weighted by Crippen LogP contribution is -2.59. The highest BCUT2D eigenvalue weighted by atomic mass is 35.5. The molecule has 1 aliphatic heterocycles. The summed E-state index contributed by atoms with van der Waals surface area (Å²) in [6.07, 6.45) is -1.23. The van der Waals surface area contributed by atoms with Gasteiger partial charge in [0, 0.05) is 38.1 Å². The second kappa shape index (κ2) is 8.78. The molecule has 31 heavy (non-hydrogen) atoms. The van der Waals surface area contributed by atoms with Gasteiger partial charge >= 0.3 is 6.18 Å². The molecule has 0 atom stereocenters. The zero-order chi connectivity index (χ0) is 22.3. The van der Waals surface area contributed by atoms with Gasteiger partial charge in [-0.1, -0.05) is 11.6 Å². The number of nitrogens with one attached hydrogen (secondary N) is 2. The van der Waals surface area contributed by atoms with Crippen molar-refractivity contribution in [1.29, 1.82) is 0 Å². The zero-order valence-corrected chi connectivity index (χ0v) is 19.4. The van der Waals surface area contributed by atoms with Gasteiger partial charge in [0.1, 0.15) is 0 Å². The normalized spacial score (nSPS) is 33.2. The zero-order valence-electron chi connectivity index (χ0n) is 17.0. The average molecular weight is 495 g/mol. The highest BCUT2D eigenvalue weighted by molar-refractivity contribution is 8.01. The van der Waals surface area contributed by atoms with E-state index in [-0.39, 0.29) is 25.2 Å². The predicted molar refractivity (Wildman–Crippen MR) is 120 cm³/mol. The van der Waals surface area contributed by atoms with Crippen LogP contribution in [0, 0.1) is 5.41 Å². The van der Waals surface area contributed by atoms with Crippen LogP contribution in [0.3, 0.4) is 0 Å². The maximum absolute atomic E-state index is 13.5. The minimum absolute atomic E-state index is 0.0708. The molecule has 3 saturated carbocycles. The van der Waals surface area contributed by atoms with E-state index in [9.17, 15) is 22.2 Å². The van der Waals surface area contributed by atoms with Crippen LogP contribution in [0.1, 0.15) is 61.7 Å². The Labute approximate surface area is 192 Å². The lowest BCUT2D eigenvalue weighted by atomic mass is 9.57. The second-order valence-corrected chi connectivity index (χ2v) is 12.2. The van der Waals surface area contributed by atoms with Gasteiger partial charge in [0.15, 0.2) is 0 Å². The van der Waals surface area contributed by atoms with Gasteiger partial charge in [0.25, 0.3) is 5.91 Å². The third-order valence-corrected chi connectivity index (χ3v) is 9.88. The summed E-state index contributed by atoms with van der Waals surface area (Å²) in [5, 5.41) is 3.87. The summed E-state index contributed by atoms with van der Waals surface area (Å²) in [7, 11) is -0.736. The molecule has 4 fully saturated rings. The Kier molecular flexibility index (Phi) is 6.58. The van der Waals surface area contributed by atoms with Gasteiger partial charge in [-0.25, -0.2) is 0 Å². The van der Waals surface area contributed by atoms with Crippen molar-refractivity contribution < 1.29 is 22.2 Å². The Morgan fingerprint density at radius 2 is 1.71 bits per heavy atom. The first-order chi connectivity index (χ1) is 14.6. The second-order valence-electron chi connectivity index (χ2n) is 8.97. The summed E-state index contributed by atoms with van der Waals surface area (Å²) in [6.45, 7) is 0. The minimum atomic E-state index is -4.18. The molecule has 1 aromatic carbocycles. The number of fused-ring (bicyclic) bond motifs is 3. The highest BCUT2D eigenvalue weighted by Crippen LogP contribution is 2.59. The summed E-state index contributed by atoms with van der Waals surface area (Å²) in [5.74, 6) is 1.08. The standard InChI is InChI=1S/C21H26ClF3N2O2S2/c22-14-1-2-16(17(13-14)27-30-15-3-11-31(29)12-4-15)18(28)26-20-8-5-19(6-9-20,7-10-20)21(23,24)25/h1-2,13,15,27H,3-12H2,(H,26,28). The average Bonchev–Trinajstić information content (AvgIpc) is 2.73. The number of carbonyl (C=O) groups is 1. The maximum Gasteiger partial charge on any atom is 0.394 e. The Morgan fingerprint density at radius 3 is 2.29 bits per heavy atom. The molecular formula is C21H26ClF3N2O2S2. The van der Waals surface area contributed by atoms with E-state index < -0.39 is 27.9 Å². The Hall–Kier alpha value is -0.930. The van der Waals surface area contributed by atoms with E-state index in [2.05, 4.69) is 10.0 Å². The first-order valence-electron chi connectivity index (χ1n) is 10.6. The SMILES string of the molecule is O=C(NC12CCC(C(F)(F)F)(CC1)CC2)c1ccc(Cl)cc1NSC1CCS(=O)CC1.